The van der Waals surface area contributed by atoms with Crippen molar-refractivity contribution in [3.05, 3.63) is 58.7 Å². The lowest BCUT2D eigenvalue weighted by molar-refractivity contribution is -0.862. The molecule has 0 bridgehead atoms. The second-order valence-corrected chi connectivity index (χ2v) is 7.05. The van der Waals surface area contributed by atoms with E-state index in [4.69, 9.17) is 0 Å². The van der Waals surface area contributed by atoms with E-state index in [1.54, 1.807) is 0 Å². The zero-order valence-corrected chi connectivity index (χ0v) is 16.2. The molecule has 0 saturated carbocycles. The van der Waals surface area contributed by atoms with Gasteiger partial charge in [-0.1, -0.05) is 29.8 Å². The van der Waals surface area contributed by atoms with Gasteiger partial charge in [-0.25, -0.2) is 0 Å². The molecular weight excluding hydrogens is 326 g/mol. The Kier molecular flexibility index (Phi) is 6.52. The number of benzene rings is 2. The zero-order chi connectivity index (χ0) is 19.3. The Morgan fingerprint density at radius 3 is 2.00 bits per heavy atom. The van der Waals surface area contributed by atoms with Crippen LogP contribution in [0.5, 0.6) is 0 Å². The molecule has 0 saturated heterocycles. The van der Waals surface area contributed by atoms with Gasteiger partial charge in [-0.3, -0.25) is 9.59 Å². The SMILES string of the molecule is Cc1cccc(NC(=O)C[NH+](C)CC(=O)Nc2c(C)cc(C)cc2C)c1. The van der Waals surface area contributed by atoms with Crippen LogP contribution in [0, 0.1) is 27.7 Å². The molecule has 0 aliphatic heterocycles. The van der Waals surface area contributed by atoms with Gasteiger partial charge < -0.3 is 15.5 Å². The summed E-state index contributed by atoms with van der Waals surface area (Å²) < 4.78 is 0. The van der Waals surface area contributed by atoms with Gasteiger partial charge in [-0.15, -0.1) is 0 Å². The molecular formula is C21H28N3O2+. The van der Waals surface area contributed by atoms with E-state index >= 15 is 0 Å². The lowest BCUT2D eigenvalue weighted by Gasteiger charge is -2.16. The highest BCUT2D eigenvalue weighted by molar-refractivity contribution is 5.94. The molecule has 26 heavy (non-hydrogen) atoms. The fourth-order valence-corrected chi connectivity index (χ4v) is 3.10. The van der Waals surface area contributed by atoms with Crippen molar-refractivity contribution in [1.82, 2.24) is 0 Å². The third-order valence-electron chi connectivity index (χ3n) is 4.17. The van der Waals surface area contributed by atoms with Crippen LogP contribution in [0.15, 0.2) is 36.4 Å². The smallest absolute Gasteiger partial charge is 0.279 e. The van der Waals surface area contributed by atoms with Gasteiger partial charge in [-0.05, 0) is 56.5 Å². The molecule has 1 atom stereocenters. The fourth-order valence-electron chi connectivity index (χ4n) is 3.10. The summed E-state index contributed by atoms with van der Waals surface area (Å²) in [4.78, 5) is 25.3. The van der Waals surface area contributed by atoms with E-state index in [2.05, 4.69) is 22.8 Å². The van der Waals surface area contributed by atoms with Gasteiger partial charge in [0.2, 0.25) is 0 Å². The molecule has 3 N–H and O–H groups in total. The number of anilines is 2. The van der Waals surface area contributed by atoms with Crippen molar-refractivity contribution in [2.75, 3.05) is 30.8 Å². The molecule has 5 nitrogen and oxygen atoms in total. The first-order valence-corrected chi connectivity index (χ1v) is 8.80. The highest BCUT2D eigenvalue weighted by Gasteiger charge is 2.16. The van der Waals surface area contributed by atoms with E-state index in [1.165, 1.54) is 5.56 Å². The molecule has 5 heteroatoms. The maximum atomic E-state index is 12.3. The highest BCUT2D eigenvalue weighted by Crippen LogP contribution is 2.21. The summed E-state index contributed by atoms with van der Waals surface area (Å²) in [7, 11) is 1.84. The van der Waals surface area contributed by atoms with Gasteiger partial charge in [0.25, 0.3) is 11.8 Å². The van der Waals surface area contributed by atoms with E-state index in [-0.39, 0.29) is 24.9 Å². The molecule has 0 aromatic heterocycles. The van der Waals surface area contributed by atoms with Crippen molar-refractivity contribution in [3.8, 4) is 0 Å². The molecule has 2 aromatic rings. The van der Waals surface area contributed by atoms with Crippen molar-refractivity contribution in [2.45, 2.75) is 27.7 Å². The second-order valence-electron chi connectivity index (χ2n) is 7.05. The average molecular weight is 354 g/mol. The first-order valence-electron chi connectivity index (χ1n) is 8.80. The average Bonchev–Trinajstić information content (AvgIpc) is 2.50. The normalized spacial score (nSPS) is 11.7. The predicted octanol–water partition coefficient (Wildman–Crippen LogP) is 2.01. The van der Waals surface area contributed by atoms with Gasteiger partial charge in [0.05, 0.1) is 7.05 Å². The largest absolute Gasteiger partial charge is 0.322 e. The van der Waals surface area contributed by atoms with Crippen LogP contribution in [0.2, 0.25) is 0 Å². The van der Waals surface area contributed by atoms with E-state index in [0.717, 1.165) is 33.0 Å². The van der Waals surface area contributed by atoms with Crippen LogP contribution >= 0.6 is 0 Å². The molecule has 0 aliphatic rings. The first kappa shape index (κ1) is 19.7. The Balaban J connectivity index is 1.88. The lowest BCUT2D eigenvalue weighted by Crippen LogP contribution is -3.11. The van der Waals surface area contributed by atoms with Gasteiger partial charge in [0, 0.05) is 11.4 Å². The van der Waals surface area contributed by atoms with E-state index in [1.807, 2.05) is 59.0 Å². The minimum absolute atomic E-state index is 0.0964. The van der Waals surface area contributed by atoms with Crippen LogP contribution in [-0.2, 0) is 9.59 Å². The molecule has 1 unspecified atom stereocenters. The summed E-state index contributed by atoms with van der Waals surface area (Å²) in [6.07, 6.45) is 0. The standard InChI is InChI=1S/C21H27N3O2/c1-14-7-6-8-18(11-14)22-19(25)12-24(5)13-20(26)23-21-16(3)9-15(2)10-17(21)4/h6-11H,12-13H2,1-5H3,(H,22,25)(H,23,26)/p+1. The zero-order valence-electron chi connectivity index (χ0n) is 16.2. The summed E-state index contributed by atoms with van der Waals surface area (Å²) in [6.45, 7) is 8.45. The van der Waals surface area contributed by atoms with E-state index in [0.29, 0.717) is 0 Å². The lowest BCUT2D eigenvalue weighted by atomic mass is 10.1. The van der Waals surface area contributed by atoms with Crippen molar-refractivity contribution in [2.24, 2.45) is 0 Å². The van der Waals surface area contributed by atoms with E-state index < -0.39 is 0 Å². The van der Waals surface area contributed by atoms with Crippen LogP contribution in [-0.4, -0.2) is 32.0 Å². The molecule has 0 fully saturated rings. The van der Waals surface area contributed by atoms with Crippen molar-refractivity contribution in [3.63, 3.8) is 0 Å². The van der Waals surface area contributed by atoms with Crippen molar-refractivity contribution < 1.29 is 14.5 Å². The van der Waals surface area contributed by atoms with Crippen molar-refractivity contribution in [1.29, 1.82) is 0 Å². The Bertz CT molecular complexity index is 792. The Hall–Kier alpha value is -2.66. The number of aryl methyl sites for hydroxylation is 4. The maximum absolute atomic E-state index is 12.3. The maximum Gasteiger partial charge on any atom is 0.279 e. The number of quaternary nitrogens is 1. The Morgan fingerprint density at radius 1 is 0.846 bits per heavy atom. The molecule has 2 amide bonds. The Labute approximate surface area is 155 Å². The number of rotatable bonds is 6. The second kappa shape index (κ2) is 8.63. The molecule has 0 aliphatic carbocycles. The third-order valence-corrected chi connectivity index (χ3v) is 4.17. The summed E-state index contributed by atoms with van der Waals surface area (Å²) in [6, 6.07) is 11.8. The molecule has 0 radical (unpaired) electrons. The molecule has 2 aromatic carbocycles. The number of amides is 2. The summed E-state index contributed by atoms with van der Waals surface area (Å²) in [5.74, 6) is -0.204. The monoisotopic (exact) mass is 354 g/mol. The van der Waals surface area contributed by atoms with Gasteiger partial charge in [-0.2, -0.15) is 0 Å². The van der Waals surface area contributed by atoms with Gasteiger partial charge in [0.15, 0.2) is 13.1 Å². The summed E-state index contributed by atoms with van der Waals surface area (Å²) >= 11 is 0. The van der Waals surface area contributed by atoms with Crippen LogP contribution < -0.4 is 15.5 Å². The number of hydrogen-bond donors (Lipinski definition) is 3. The first-order chi connectivity index (χ1) is 12.2. The molecule has 0 heterocycles. The third kappa shape index (κ3) is 5.70. The summed E-state index contributed by atoms with van der Waals surface area (Å²) in [5, 5.41) is 5.85. The van der Waals surface area contributed by atoms with Crippen molar-refractivity contribution >= 4 is 23.2 Å². The molecule has 2 rings (SSSR count). The van der Waals surface area contributed by atoms with Gasteiger partial charge in [0.1, 0.15) is 0 Å². The topological polar surface area (TPSA) is 62.6 Å². The minimum Gasteiger partial charge on any atom is -0.322 e. The Morgan fingerprint density at radius 2 is 1.42 bits per heavy atom. The number of nitrogens with one attached hydrogen (secondary N) is 3. The van der Waals surface area contributed by atoms with Gasteiger partial charge >= 0.3 is 0 Å². The highest BCUT2D eigenvalue weighted by atomic mass is 16.2. The van der Waals surface area contributed by atoms with E-state index in [9.17, 15) is 9.59 Å². The van der Waals surface area contributed by atoms with Crippen LogP contribution in [0.4, 0.5) is 11.4 Å². The predicted molar refractivity (Wildman–Crippen MR) is 106 cm³/mol. The number of carbonyl (C=O) groups is 2. The van der Waals surface area contributed by atoms with Crippen LogP contribution in [0.1, 0.15) is 22.3 Å². The number of likely N-dealkylation sites (N-methyl/N-ethyl adjacent to an activating group) is 1. The van der Waals surface area contributed by atoms with Crippen LogP contribution in [0.25, 0.3) is 0 Å². The quantitative estimate of drug-likeness (QED) is 0.743. The molecule has 0 spiro atoms. The summed E-state index contributed by atoms with van der Waals surface area (Å²) in [5.41, 5.74) is 5.99. The molecule has 138 valence electrons. The fraction of sp³-hybridized carbons (Fsp3) is 0.333. The number of carbonyl (C=O) groups excluding carboxylic acids is 2. The minimum atomic E-state index is -0.108. The van der Waals surface area contributed by atoms with Crippen LogP contribution in [0.3, 0.4) is 0 Å². The number of hydrogen-bond acceptors (Lipinski definition) is 2.